The van der Waals surface area contributed by atoms with Gasteiger partial charge in [0.1, 0.15) is 28.7 Å². The van der Waals surface area contributed by atoms with E-state index in [4.69, 9.17) is 4.74 Å². The smallest absolute Gasteiger partial charge is 0.410 e. The number of halogens is 2. The predicted molar refractivity (Wildman–Crippen MR) is 95.5 cm³/mol. The summed E-state index contributed by atoms with van der Waals surface area (Å²) in [6, 6.07) is 0. The van der Waals surface area contributed by atoms with Crippen LogP contribution in [-0.2, 0) is 28.8 Å². The molecule has 1 aliphatic rings. The molecule has 1 heterocycles. The minimum atomic E-state index is -0.600. The number of aromatic amines is 1. The van der Waals surface area contributed by atoms with Crippen LogP contribution in [0.25, 0.3) is 11.0 Å². The number of imidazole rings is 1. The van der Waals surface area contributed by atoms with Crippen molar-refractivity contribution in [1.82, 2.24) is 14.9 Å². The number of aromatic nitrogens is 2. The van der Waals surface area contributed by atoms with Gasteiger partial charge >= 0.3 is 6.09 Å². The van der Waals surface area contributed by atoms with Gasteiger partial charge in [0.05, 0.1) is 0 Å². The van der Waals surface area contributed by atoms with Crippen LogP contribution in [0.1, 0.15) is 37.7 Å². The Morgan fingerprint density at radius 2 is 1.93 bits per heavy atom. The highest BCUT2D eigenvalue weighted by Crippen LogP contribution is 2.35. The molecule has 1 aromatic carbocycles. The number of hydrogen-bond donors (Lipinski definition) is 1. The largest absolute Gasteiger partial charge is 0.444 e. The number of hydrogen-bond acceptors (Lipinski definition) is 4. The molecule has 0 radical (unpaired) electrons. The lowest BCUT2D eigenvalue weighted by atomic mass is 10.1. The number of benzene rings is 1. The van der Waals surface area contributed by atoms with Crippen LogP contribution in [-0.4, -0.2) is 46.4 Å². The van der Waals surface area contributed by atoms with Gasteiger partial charge in [-0.15, -0.1) is 0 Å². The molecule has 0 fully saturated rings. The molecule has 0 spiro atoms. The normalized spacial score (nSPS) is 14.4. The lowest BCUT2D eigenvalue weighted by molar-refractivity contribution is -0.110. The number of likely N-dealkylation sites (N-methyl/N-ethyl adjacent to an activating group) is 1. The van der Waals surface area contributed by atoms with E-state index in [1.165, 1.54) is 4.90 Å². The average molecular weight is 379 g/mol. The topological polar surface area (TPSA) is 75.3 Å². The van der Waals surface area contributed by atoms with Gasteiger partial charge in [-0.25, -0.2) is 18.6 Å². The SMILES string of the molecule is CN(CCc1nc2c(F)c3c(c(F)c2[nH]1)CC(C=O)C3)C(=O)OC(C)(C)C. The van der Waals surface area contributed by atoms with Gasteiger partial charge in [0.25, 0.3) is 0 Å². The Labute approximate surface area is 155 Å². The molecule has 8 heteroatoms. The van der Waals surface area contributed by atoms with Crippen molar-refractivity contribution >= 4 is 23.4 Å². The molecule has 0 bridgehead atoms. The summed E-state index contributed by atoms with van der Waals surface area (Å²) in [6.07, 6.45) is 0.952. The van der Waals surface area contributed by atoms with Gasteiger partial charge in [0.2, 0.25) is 0 Å². The lowest BCUT2D eigenvalue weighted by Gasteiger charge is -2.24. The summed E-state index contributed by atoms with van der Waals surface area (Å²) in [5, 5.41) is 0. The lowest BCUT2D eigenvalue weighted by Crippen LogP contribution is -2.35. The van der Waals surface area contributed by atoms with Gasteiger partial charge in [0.15, 0.2) is 11.6 Å². The predicted octanol–water partition coefficient (Wildman–Crippen LogP) is 3.16. The quantitative estimate of drug-likeness (QED) is 0.828. The number of carbonyl (C=O) groups is 2. The number of fused-ring (bicyclic) bond motifs is 2. The van der Waals surface area contributed by atoms with Gasteiger partial charge < -0.3 is 19.4 Å². The number of nitrogens with zero attached hydrogens (tertiary/aromatic N) is 2. The van der Waals surface area contributed by atoms with E-state index >= 15 is 0 Å². The maximum atomic E-state index is 14.7. The Morgan fingerprint density at radius 3 is 2.52 bits per heavy atom. The van der Waals surface area contributed by atoms with Crippen molar-refractivity contribution in [2.24, 2.45) is 5.92 Å². The summed E-state index contributed by atoms with van der Waals surface area (Å²) in [5.74, 6) is -1.13. The first kappa shape index (κ1) is 19.3. The highest BCUT2D eigenvalue weighted by molar-refractivity contribution is 5.80. The summed E-state index contributed by atoms with van der Waals surface area (Å²) in [7, 11) is 1.59. The summed E-state index contributed by atoms with van der Waals surface area (Å²) in [6.45, 7) is 5.61. The number of amides is 1. The van der Waals surface area contributed by atoms with Gasteiger partial charge in [-0.3, -0.25) is 0 Å². The Bertz CT molecular complexity index is 853. The van der Waals surface area contributed by atoms with Crippen molar-refractivity contribution in [3.63, 3.8) is 0 Å². The molecule has 1 aromatic heterocycles. The van der Waals surface area contributed by atoms with Crippen LogP contribution in [0.5, 0.6) is 0 Å². The Hall–Kier alpha value is -2.51. The molecule has 6 nitrogen and oxygen atoms in total. The van der Waals surface area contributed by atoms with Crippen molar-refractivity contribution in [2.45, 2.75) is 45.6 Å². The van der Waals surface area contributed by atoms with Crippen LogP contribution >= 0.6 is 0 Å². The number of carbonyl (C=O) groups excluding carboxylic acids is 2. The summed E-state index contributed by atoms with van der Waals surface area (Å²) in [4.78, 5) is 31.3. The third kappa shape index (κ3) is 3.79. The highest BCUT2D eigenvalue weighted by Gasteiger charge is 2.31. The molecule has 27 heavy (non-hydrogen) atoms. The first-order valence-corrected chi connectivity index (χ1v) is 8.87. The number of ether oxygens (including phenoxy) is 1. The van der Waals surface area contributed by atoms with Crippen LogP contribution in [0, 0.1) is 17.6 Å². The van der Waals surface area contributed by atoms with Crippen LogP contribution in [0.15, 0.2) is 0 Å². The zero-order chi connectivity index (χ0) is 19.9. The second kappa shape index (κ2) is 6.90. The fourth-order valence-electron chi connectivity index (χ4n) is 3.24. The highest BCUT2D eigenvalue weighted by atomic mass is 19.1. The zero-order valence-electron chi connectivity index (χ0n) is 15.9. The van der Waals surface area contributed by atoms with Crippen molar-refractivity contribution in [1.29, 1.82) is 0 Å². The first-order valence-electron chi connectivity index (χ1n) is 8.87. The van der Waals surface area contributed by atoms with E-state index in [0.717, 1.165) is 6.29 Å². The van der Waals surface area contributed by atoms with Gasteiger partial charge in [-0.05, 0) is 44.7 Å². The average Bonchev–Trinajstić information content (AvgIpc) is 3.20. The van der Waals surface area contributed by atoms with E-state index in [1.807, 2.05) is 0 Å². The number of nitrogens with one attached hydrogen (secondary N) is 1. The molecule has 3 rings (SSSR count). The number of rotatable bonds is 4. The minimum Gasteiger partial charge on any atom is -0.444 e. The van der Waals surface area contributed by atoms with Crippen LogP contribution in [0.2, 0.25) is 0 Å². The third-order valence-corrected chi connectivity index (χ3v) is 4.59. The van der Waals surface area contributed by atoms with E-state index in [2.05, 4.69) is 9.97 Å². The Morgan fingerprint density at radius 1 is 1.30 bits per heavy atom. The molecule has 1 atom stereocenters. The van der Waals surface area contributed by atoms with Crippen molar-refractivity contribution < 1.29 is 23.1 Å². The van der Waals surface area contributed by atoms with E-state index in [-0.39, 0.29) is 41.5 Å². The third-order valence-electron chi connectivity index (χ3n) is 4.59. The van der Waals surface area contributed by atoms with E-state index < -0.39 is 29.2 Å². The molecule has 0 saturated carbocycles. The van der Waals surface area contributed by atoms with E-state index in [0.29, 0.717) is 12.2 Å². The first-order chi connectivity index (χ1) is 12.6. The fraction of sp³-hybridized carbons (Fsp3) is 0.526. The summed E-state index contributed by atoms with van der Waals surface area (Å²) < 4.78 is 34.8. The molecule has 0 saturated heterocycles. The van der Waals surface area contributed by atoms with Crippen LogP contribution in [0.4, 0.5) is 13.6 Å². The molecule has 1 unspecified atom stereocenters. The van der Waals surface area contributed by atoms with Crippen LogP contribution < -0.4 is 0 Å². The molecule has 1 amide bonds. The molecule has 2 aromatic rings. The Kier molecular flexibility index (Phi) is 4.92. The van der Waals surface area contributed by atoms with Crippen LogP contribution in [0.3, 0.4) is 0 Å². The van der Waals surface area contributed by atoms with Crippen molar-refractivity contribution in [3.05, 3.63) is 28.6 Å². The maximum absolute atomic E-state index is 14.7. The molecule has 0 aliphatic heterocycles. The summed E-state index contributed by atoms with van der Waals surface area (Å²) >= 11 is 0. The van der Waals surface area contributed by atoms with Gasteiger partial charge in [-0.2, -0.15) is 0 Å². The second-order valence-electron chi connectivity index (χ2n) is 7.95. The van der Waals surface area contributed by atoms with Gasteiger partial charge in [0, 0.05) is 25.9 Å². The molecule has 1 aliphatic carbocycles. The zero-order valence-corrected chi connectivity index (χ0v) is 15.9. The second-order valence-corrected chi connectivity index (χ2v) is 7.95. The maximum Gasteiger partial charge on any atom is 0.410 e. The van der Waals surface area contributed by atoms with Crippen molar-refractivity contribution in [3.8, 4) is 0 Å². The number of H-pyrrole nitrogens is 1. The Balaban J connectivity index is 1.79. The minimum absolute atomic E-state index is 0.00715. The van der Waals surface area contributed by atoms with Gasteiger partial charge in [-0.1, -0.05) is 0 Å². The molecule has 146 valence electrons. The van der Waals surface area contributed by atoms with E-state index in [1.54, 1.807) is 27.8 Å². The standard InChI is InChI=1S/C19H23F2N3O3/c1-19(2,3)27-18(26)24(4)6-5-13-22-16-14(20)11-7-10(9-25)8-12(11)15(21)17(16)23-13/h9-10H,5-8H2,1-4H3,(H,22,23). The van der Waals surface area contributed by atoms with E-state index in [9.17, 15) is 18.4 Å². The molecular weight excluding hydrogens is 356 g/mol. The monoisotopic (exact) mass is 379 g/mol. The number of aldehydes is 1. The fourth-order valence-corrected chi connectivity index (χ4v) is 3.24. The molecule has 1 N–H and O–H groups in total. The molecular formula is C19H23F2N3O3. The van der Waals surface area contributed by atoms with Crippen molar-refractivity contribution in [2.75, 3.05) is 13.6 Å². The summed E-state index contributed by atoms with van der Waals surface area (Å²) in [5.41, 5.74) is -0.170.